The average molecular weight is 593 g/mol. The largest absolute Gasteiger partial charge is 0.444 e. The summed E-state index contributed by atoms with van der Waals surface area (Å²) in [5.74, 6) is -0.0872. The number of nitrogens with zero attached hydrogens (tertiary/aromatic N) is 2. The summed E-state index contributed by atoms with van der Waals surface area (Å²) in [7, 11) is 0. The number of hydrogen-bond acceptors (Lipinski definition) is 6. The van der Waals surface area contributed by atoms with Crippen LogP contribution in [0.5, 0.6) is 0 Å². The van der Waals surface area contributed by atoms with E-state index in [2.05, 4.69) is 10.6 Å². The third-order valence-corrected chi connectivity index (χ3v) is 8.66. The highest BCUT2D eigenvalue weighted by Gasteiger charge is 2.42. The molecule has 3 unspecified atom stereocenters. The van der Waals surface area contributed by atoms with Gasteiger partial charge in [-0.05, 0) is 92.4 Å². The van der Waals surface area contributed by atoms with Crippen molar-refractivity contribution in [3.05, 3.63) is 0 Å². The number of likely N-dealkylation sites (tertiary alicyclic amines) is 1. The summed E-state index contributed by atoms with van der Waals surface area (Å²) in [5.41, 5.74) is -1.32. The molecule has 0 aromatic carbocycles. The second-order valence-corrected chi connectivity index (χ2v) is 14.4. The van der Waals surface area contributed by atoms with Crippen LogP contribution in [0.25, 0.3) is 0 Å². The maximum atomic E-state index is 14.1. The Kier molecular flexibility index (Phi) is 12.0. The molecule has 1 aliphatic heterocycles. The molecule has 42 heavy (non-hydrogen) atoms. The van der Waals surface area contributed by atoms with Crippen LogP contribution in [0.3, 0.4) is 0 Å². The van der Waals surface area contributed by atoms with Gasteiger partial charge in [0.25, 0.3) is 0 Å². The Morgan fingerprint density at radius 3 is 1.64 bits per heavy atom. The molecule has 3 atom stereocenters. The number of ether oxygens (including phenoxy) is 2. The number of carbonyl (C=O) groups is 4. The minimum Gasteiger partial charge on any atom is -0.444 e. The molecule has 2 saturated carbocycles. The molecule has 0 aromatic heterocycles. The highest BCUT2D eigenvalue weighted by Crippen LogP contribution is 2.31. The predicted octanol–water partition coefficient (Wildman–Crippen LogP) is 5.38. The summed E-state index contributed by atoms with van der Waals surface area (Å²) in [6.45, 7) is 14.2. The maximum absolute atomic E-state index is 14.1. The van der Waals surface area contributed by atoms with Crippen LogP contribution < -0.4 is 10.6 Å². The van der Waals surface area contributed by atoms with E-state index in [4.69, 9.17) is 9.47 Å². The van der Waals surface area contributed by atoms with E-state index in [1.165, 1.54) is 0 Å². The summed E-state index contributed by atoms with van der Waals surface area (Å²) >= 11 is 0. The molecule has 3 aliphatic rings. The zero-order valence-electron chi connectivity index (χ0n) is 27.1. The van der Waals surface area contributed by atoms with Gasteiger partial charge in [0.2, 0.25) is 11.8 Å². The lowest BCUT2D eigenvalue weighted by Gasteiger charge is -2.37. The summed E-state index contributed by atoms with van der Waals surface area (Å²) in [6.07, 6.45) is 9.50. The van der Waals surface area contributed by atoms with Crippen molar-refractivity contribution in [2.75, 3.05) is 19.6 Å². The van der Waals surface area contributed by atoms with Crippen LogP contribution in [0.15, 0.2) is 0 Å². The van der Waals surface area contributed by atoms with Crippen LogP contribution in [-0.4, -0.2) is 82.8 Å². The van der Waals surface area contributed by atoms with Gasteiger partial charge in [-0.1, -0.05) is 38.5 Å². The lowest BCUT2D eigenvalue weighted by atomic mass is 9.83. The van der Waals surface area contributed by atoms with Crippen molar-refractivity contribution in [2.45, 2.75) is 148 Å². The van der Waals surface area contributed by atoms with E-state index in [1.807, 2.05) is 53.4 Å². The van der Waals surface area contributed by atoms with Gasteiger partial charge < -0.3 is 29.9 Å². The number of amides is 4. The highest BCUT2D eigenvalue weighted by atomic mass is 16.6. The van der Waals surface area contributed by atoms with Crippen LogP contribution in [0, 0.1) is 11.8 Å². The molecule has 2 N–H and O–H groups in total. The maximum Gasteiger partial charge on any atom is 0.408 e. The van der Waals surface area contributed by atoms with Crippen molar-refractivity contribution in [3.8, 4) is 0 Å². The van der Waals surface area contributed by atoms with Crippen LogP contribution in [0.1, 0.15) is 119 Å². The molecule has 10 heteroatoms. The molecule has 3 rings (SSSR count). The fourth-order valence-electron chi connectivity index (χ4n) is 6.73. The number of rotatable bonds is 8. The molecule has 10 nitrogen and oxygen atoms in total. The molecule has 3 fully saturated rings. The summed E-state index contributed by atoms with van der Waals surface area (Å²) in [4.78, 5) is 57.1. The zero-order valence-corrected chi connectivity index (χ0v) is 27.1. The van der Waals surface area contributed by atoms with E-state index in [0.717, 1.165) is 64.2 Å². The molecule has 0 aromatic rings. The molecule has 0 radical (unpaired) electrons. The van der Waals surface area contributed by atoms with E-state index in [9.17, 15) is 19.2 Å². The third kappa shape index (κ3) is 10.0. The van der Waals surface area contributed by atoms with Crippen LogP contribution in [0.4, 0.5) is 9.59 Å². The standard InChI is InChI=1S/C32H56N4O6/c1-8-36(28(38)26(23-17-13-10-14-18-23)34-30(40)42-32(5,6)7)24-19-20-35(21-24)27(37)25(22-15-11-9-12-16-22)33-29(39)41-31(2,3)4/h22-26H,8-21H2,1-7H3,(H,33,39)(H,34,40). The number of carbonyl (C=O) groups excluding carboxylic acids is 4. The third-order valence-electron chi connectivity index (χ3n) is 8.66. The fourth-order valence-corrected chi connectivity index (χ4v) is 6.73. The summed E-state index contributed by atoms with van der Waals surface area (Å²) in [5, 5.41) is 5.83. The molecule has 240 valence electrons. The molecule has 1 heterocycles. The van der Waals surface area contributed by atoms with Crippen LogP contribution in [-0.2, 0) is 19.1 Å². The quantitative estimate of drug-likeness (QED) is 0.391. The Labute approximate surface area is 253 Å². The molecule has 0 bridgehead atoms. The van der Waals surface area contributed by atoms with Gasteiger partial charge in [0, 0.05) is 19.6 Å². The first-order valence-electron chi connectivity index (χ1n) is 16.3. The van der Waals surface area contributed by atoms with Gasteiger partial charge in [0.05, 0.1) is 6.04 Å². The zero-order chi connectivity index (χ0) is 31.1. The van der Waals surface area contributed by atoms with Crippen molar-refractivity contribution >= 4 is 24.0 Å². The first-order chi connectivity index (χ1) is 19.7. The average Bonchev–Trinajstić information content (AvgIpc) is 3.39. The number of nitrogens with one attached hydrogen (secondary N) is 2. The second-order valence-electron chi connectivity index (χ2n) is 14.4. The Bertz CT molecular complexity index is 930. The van der Waals surface area contributed by atoms with Gasteiger partial charge in [0.1, 0.15) is 23.3 Å². The Morgan fingerprint density at radius 2 is 1.19 bits per heavy atom. The SMILES string of the molecule is CCN(C(=O)C(NC(=O)OC(C)(C)C)C1CCCCC1)C1CCN(C(=O)C(NC(=O)OC(C)(C)C)C2CCCCC2)C1. The summed E-state index contributed by atoms with van der Waals surface area (Å²) in [6, 6.07) is -1.46. The Morgan fingerprint density at radius 1 is 0.738 bits per heavy atom. The van der Waals surface area contributed by atoms with Crippen molar-refractivity contribution in [1.29, 1.82) is 0 Å². The number of alkyl carbamates (subject to hydrolysis) is 2. The molecule has 1 saturated heterocycles. The first-order valence-corrected chi connectivity index (χ1v) is 16.3. The lowest BCUT2D eigenvalue weighted by Crippen LogP contribution is -2.57. The van der Waals surface area contributed by atoms with Gasteiger partial charge in [-0.25, -0.2) is 9.59 Å². The molecular weight excluding hydrogens is 536 g/mol. The fraction of sp³-hybridized carbons (Fsp3) is 0.875. The predicted molar refractivity (Wildman–Crippen MR) is 162 cm³/mol. The van der Waals surface area contributed by atoms with Crippen molar-refractivity contribution in [2.24, 2.45) is 11.8 Å². The van der Waals surface area contributed by atoms with E-state index < -0.39 is 35.5 Å². The van der Waals surface area contributed by atoms with Crippen molar-refractivity contribution in [3.63, 3.8) is 0 Å². The molecule has 0 spiro atoms. The molecule has 4 amide bonds. The Balaban J connectivity index is 1.73. The van der Waals surface area contributed by atoms with E-state index in [0.29, 0.717) is 26.1 Å². The smallest absolute Gasteiger partial charge is 0.408 e. The number of hydrogen-bond donors (Lipinski definition) is 2. The van der Waals surface area contributed by atoms with E-state index in [1.54, 1.807) is 4.90 Å². The highest BCUT2D eigenvalue weighted by molar-refractivity contribution is 5.88. The van der Waals surface area contributed by atoms with E-state index in [-0.39, 0.29) is 29.7 Å². The molecular formula is C32H56N4O6. The van der Waals surface area contributed by atoms with Gasteiger partial charge >= 0.3 is 12.2 Å². The Hall–Kier alpha value is -2.52. The van der Waals surface area contributed by atoms with Gasteiger partial charge in [-0.15, -0.1) is 0 Å². The van der Waals surface area contributed by atoms with Gasteiger partial charge in [-0.2, -0.15) is 0 Å². The first kappa shape index (κ1) is 34.0. The van der Waals surface area contributed by atoms with Crippen LogP contribution >= 0.6 is 0 Å². The topological polar surface area (TPSA) is 117 Å². The second kappa shape index (κ2) is 14.8. The van der Waals surface area contributed by atoms with Crippen molar-refractivity contribution in [1.82, 2.24) is 20.4 Å². The monoisotopic (exact) mass is 592 g/mol. The molecule has 2 aliphatic carbocycles. The lowest BCUT2D eigenvalue weighted by molar-refractivity contribution is -0.139. The van der Waals surface area contributed by atoms with Crippen LogP contribution in [0.2, 0.25) is 0 Å². The van der Waals surface area contributed by atoms with Gasteiger partial charge in [0.15, 0.2) is 0 Å². The number of likely N-dealkylation sites (N-methyl/N-ethyl adjacent to an activating group) is 1. The van der Waals surface area contributed by atoms with Gasteiger partial charge in [-0.3, -0.25) is 9.59 Å². The minimum absolute atomic E-state index is 0.0562. The van der Waals surface area contributed by atoms with E-state index >= 15 is 0 Å². The van der Waals surface area contributed by atoms with Crippen molar-refractivity contribution < 1.29 is 28.7 Å². The minimum atomic E-state index is -0.663. The summed E-state index contributed by atoms with van der Waals surface area (Å²) < 4.78 is 11.0. The normalized spacial score (nSPS) is 22.2.